The molecular formula is C9H12N2O2S2Zn. The molecule has 0 fully saturated rings. The molecule has 0 amide bonds. The van der Waals surface area contributed by atoms with E-state index in [4.69, 9.17) is 16.2 Å². The van der Waals surface area contributed by atoms with E-state index in [-0.39, 0.29) is 29.8 Å². The fourth-order valence-electron chi connectivity index (χ4n) is 0.605. The number of benzene rings is 1. The van der Waals surface area contributed by atoms with Crippen LogP contribution in [-0.4, -0.2) is 17.5 Å². The van der Waals surface area contributed by atoms with Gasteiger partial charge in [-0.05, 0) is 36.6 Å². The molecule has 4 nitrogen and oxygen atoms in total. The van der Waals surface area contributed by atoms with Crippen molar-refractivity contribution >= 4 is 34.8 Å². The van der Waals surface area contributed by atoms with Gasteiger partial charge in [0.05, 0.1) is 7.11 Å². The van der Waals surface area contributed by atoms with Crippen molar-refractivity contribution < 1.29 is 29.0 Å². The molecule has 0 aliphatic carbocycles. The average Bonchev–Trinajstić information content (AvgIpc) is 2.19. The van der Waals surface area contributed by atoms with Gasteiger partial charge in [0.2, 0.25) is 0 Å². The number of hydrogen-bond acceptors (Lipinski definition) is 4. The molecule has 0 aliphatic heterocycles. The van der Waals surface area contributed by atoms with Crippen molar-refractivity contribution in [1.82, 2.24) is 0 Å². The van der Waals surface area contributed by atoms with Crippen LogP contribution in [0.5, 0.6) is 5.75 Å². The molecule has 4 N–H and O–H groups in total. The Kier molecular flexibility index (Phi) is 11.8. The number of para-hydroxylation sites is 1. The Morgan fingerprint density at radius 2 is 1.50 bits per heavy atom. The molecule has 0 saturated heterocycles. The Morgan fingerprint density at radius 3 is 1.81 bits per heavy atom. The van der Waals surface area contributed by atoms with E-state index in [9.17, 15) is 0 Å². The molecule has 7 heteroatoms. The molecule has 84 valence electrons. The largest absolute Gasteiger partial charge is 0.475 e. The van der Waals surface area contributed by atoms with E-state index in [1.807, 2.05) is 18.2 Å². The van der Waals surface area contributed by atoms with Gasteiger partial charge in [0.1, 0.15) is 5.75 Å². The zero-order chi connectivity index (χ0) is 11.7. The van der Waals surface area contributed by atoms with Gasteiger partial charge >= 0.3 is 0 Å². The van der Waals surface area contributed by atoms with Crippen molar-refractivity contribution in [2.24, 2.45) is 11.5 Å². The first-order chi connectivity index (χ1) is 7.06. The van der Waals surface area contributed by atoms with Crippen LogP contribution >= 0.6 is 24.4 Å². The van der Waals surface area contributed by atoms with Crippen LogP contribution in [-0.2, 0) is 24.2 Å². The van der Waals surface area contributed by atoms with E-state index in [0.29, 0.717) is 5.75 Å². The Morgan fingerprint density at radius 1 is 1.06 bits per heavy atom. The second kappa shape index (κ2) is 10.7. The third-order valence-corrected chi connectivity index (χ3v) is 1.41. The summed E-state index contributed by atoms with van der Waals surface area (Å²) in [6, 6.07) is 9.19. The zero-order valence-corrected chi connectivity index (χ0v) is 13.5. The number of nitrogens with two attached hydrogens (primary N) is 2. The minimum Gasteiger partial charge on any atom is -0.475 e. The summed E-state index contributed by atoms with van der Waals surface area (Å²) < 4.78 is 9.18. The van der Waals surface area contributed by atoms with Gasteiger partial charge in [-0.3, -0.25) is 0 Å². The predicted octanol–water partition coefficient (Wildman–Crippen LogP) is 1.18. The Hall–Kier alpha value is -0.777. The number of methoxy groups -OCH3 is 1. The first kappa shape index (κ1) is 17.6. The number of hydrogen-bond donors (Lipinski definition) is 2. The summed E-state index contributed by atoms with van der Waals surface area (Å²) in [7, 11) is 1.43. The summed E-state index contributed by atoms with van der Waals surface area (Å²) in [5.41, 5.74) is 9.93. The minimum atomic E-state index is 0. The summed E-state index contributed by atoms with van der Waals surface area (Å²) in [4.78, 5) is 0. The van der Waals surface area contributed by atoms with Gasteiger partial charge in [0.15, 0.2) is 0 Å². The van der Waals surface area contributed by atoms with Crippen LogP contribution in [0.3, 0.4) is 0 Å². The normalized spacial score (nSPS) is 7.56. The van der Waals surface area contributed by atoms with Crippen LogP contribution in [0, 0.1) is 0 Å². The predicted molar refractivity (Wildman–Crippen MR) is 67.6 cm³/mol. The van der Waals surface area contributed by atoms with Crippen LogP contribution in [0.2, 0.25) is 0 Å². The topological polar surface area (TPSA) is 70.5 Å². The molecule has 0 saturated carbocycles. The minimum absolute atomic E-state index is 0. The molecule has 0 heterocycles. The van der Waals surface area contributed by atoms with Crippen molar-refractivity contribution in [3.05, 3.63) is 30.3 Å². The number of rotatable bonds is 1. The van der Waals surface area contributed by atoms with Gasteiger partial charge in [-0.2, -0.15) is 0 Å². The molecule has 0 bridgehead atoms. The Balaban J connectivity index is 0. The molecule has 0 spiro atoms. The van der Waals surface area contributed by atoms with Crippen LogP contribution in [0.25, 0.3) is 0 Å². The van der Waals surface area contributed by atoms with E-state index in [2.05, 4.69) is 29.2 Å². The maximum absolute atomic E-state index is 5.13. The van der Waals surface area contributed by atoms with Crippen LogP contribution < -0.4 is 16.2 Å². The van der Waals surface area contributed by atoms with E-state index in [0.717, 1.165) is 0 Å². The summed E-state index contributed by atoms with van der Waals surface area (Å²) in [5, 5.41) is 0.135. The van der Waals surface area contributed by atoms with Crippen molar-refractivity contribution in [1.29, 1.82) is 0 Å². The first-order valence-electron chi connectivity index (χ1n) is 3.92. The summed E-state index contributed by atoms with van der Waals surface area (Å²) >= 11 is 8.79. The molecule has 1 rings (SSSR count). The monoisotopic (exact) mass is 308 g/mol. The second-order valence-electron chi connectivity index (χ2n) is 2.26. The van der Waals surface area contributed by atoms with E-state index in [1.54, 1.807) is 12.1 Å². The van der Waals surface area contributed by atoms with E-state index >= 15 is 0 Å². The molecule has 0 aromatic heterocycles. The SMILES string of the molecule is COC(N)=S.NC(=S)Oc1ccccc1.[Zn]. The maximum Gasteiger partial charge on any atom is 0.259 e. The van der Waals surface area contributed by atoms with Gasteiger partial charge < -0.3 is 20.9 Å². The molecule has 0 aliphatic rings. The van der Waals surface area contributed by atoms with Gasteiger partial charge in [0.25, 0.3) is 10.3 Å². The van der Waals surface area contributed by atoms with Crippen molar-refractivity contribution in [2.75, 3.05) is 7.11 Å². The maximum atomic E-state index is 5.13. The first-order valence-corrected chi connectivity index (χ1v) is 4.73. The molecule has 0 atom stereocenters. The average molecular weight is 310 g/mol. The summed E-state index contributed by atoms with van der Waals surface area (Å²) in [6.07, 6.45) is 0. The zero-order valence-electron chi connectivity index (χ0n) is 8.88. The van der Waals surface area contributed by atoms with Gasteiger partial charge in [-0.25, -0.2) is 0 Å². The summed E-state index contributed by atoms with van der Waals surface area (Å²) in [5.74, 6) is 0.676. The van der Waals surface area contributed by atoms with Crippen molar-refractivity contribution in [3.8, 4) is 5.75 Å². The van der Waals surface area contributed by atoms with Gasteiger partial charge in [0, 0.05) is 19.5 Å². The molecule has 0 unspecified atom stereocenters. The molecule has 1 aromatic rings. The van der Waals surface area contributed by atoms with E-state index < -0.39 is 0 Å². The van der Waals surface area contributed by atoms with Crippen LogP contribution in [0.1, 0.15) is 0 Å². The van der Waals surface area contributed by atoms with Gasteiger partial charge in [-0.1, -0.05) is 18.2 Å². The fourth-order valence-corrected chi connectivity index (χ4v) is 0.701. The van der Waals surface area contributed by atoms with Crippen molar-refractivity contribution in [3.63, 3.8) is 0 Å². The Bertz CT molecular complexity index is 323. The fraction of sp³-hybridized carbons (Fsp3) is 0.111. The molecule has 16 heavy (non-hydrogen) atoms. The summed E-state index contributed by atoms with van der Waals surface area (Å²) in [6.45, 7) is 0. The molecule has 0 radical (unpaired) electrons. The second-order valence-corrected chi connectivity index (χ2v) is 3.06. The number of ether oxygens (including phenoxy) is 2. The van der Waals surface area contributed by atoms with Gasteiger partial charge in [-0.15, -0.1) is 0 Å². The standard InChI is InChI=1S/C7H7NOS.C2H5NOS.Zn/c8-7(10)9-6-4-2-1-3-5-6;1-4-2(3)5;/h1-5H,(H2,8,10);1H3,(H2,3,5);. The van der Waals surface area contributed by atoms with Crippen LogP contribution in [0.15, 0.2) is 30.3 Å². The van der Waals surface area contributed by atoms with Crippen LogP contribution in [0.4, 0.5) is 0 Å². The Labute approximate surface area is 118 Å². The smallest absolute Gasteiger partial charge is 0.259 e. The van der Waals surface area contributed by atoms with E-state index in [1.165, 1.54) is 7.11 Å². The quantitative estimate of drug-likeness (QED) is 0.600. The third kappa shape index (κ3) is 11.3. The van der Waals surface area contributed by atoms with Crippen molar-refractivity contribution in [2.45, 2.75) is 0 Å². The third-order valence-electron chi connectivity index (χ3n) is 1.16. The molecular weight excluding hydrogens is 298 g/mol. The molecule has 1 aromatic carbocycles. The number of thiocarbonyl (C=S) groups is 2.